The van der Waals surface area contributed by atoms with E-state index in [-0.39, 0.29) is 16.7 Å². The number of hydrogen-bond donors (Lipinski definition) is 1. The lowest BCUT2D eigenvalue weighted by Gasteiger charge is -2.15. The number of halogens is 3. The van der Waals surface area contributed by atoms with E-state index in [9.17, 15) is 21.6 Å². The maximum atomic E-state index is 12.4. The van der Waals surface area contributed by atoms with Crippen molar-refractivity contribution in [3.05, 3.63) is 29.8 Å². The van der Waals surface area contributed by atoms with Gasteiger partial charge in [-0.2, -0.15) is 13.2 Å². The lowest BCUT2D eigenvalue weighted by molar-refractivity contribution is -0.137. The monoisotopic (exact) mass is 309 g/mol. The standard InChI is InChI=1S/C13H18F3NO2S/c1-3-4-11(17-2)9-20(18,19)12-7-5-10(6-8-12)13(14,15)16/h5-8,11,17H,3-4,9H2,1-2H3. The van der Waals surface area contributed by atoms with Crippen LogP contribution in [0.5, 0.6) is 0 Å². The highest BCUT2D eigenvalue weighted by atomic mass is 32.2. The Morgan fingerprint density at radius 2 is 1.75 bits per heavy atom. The van der Waals surface area contributed by atoms with Crippen LogP contribution < -0.4 is 5.32 Å². The van der Waals surface area contributed by atoms with E-state index in [1.54, 1.807) is 7.05 Å². The summed E-state index contributed by atoms with van der Waals surface area (Å²) in [5.41, 5.74) is -0.852. The highest BCUT2D eigenvalue weighted by Gasteiger charge is 2.30. The SMILES string of the molecule is CCCC(CS(=O)(=O)c1ccc(C(F)(F)F)cc1)NC. The quantitative estimate of drug-likeness (QED) is 0.879. The minimum Gasteiger partial charge on any atom is -0.316 e. The molecule has 0 spiro atoms. The van der Waals surface area contributed by atoms with E-state index >= 15 is 0 Å². The zero-order chi connectivity index (χ0) is 15.4. The summed E-state index contributed by atoms with van der Waals surface area (Å²) in [6.07, 6.45) is -2.94. The van der Waals surface area contributed by atoms with Gasteiger partial charge in [0.2, 0.25) is 0 Å². The molecular weight excluding hydrogens is 291 g/mol. The molecule has 20 heavy (non-hydrogen) atoms. The third kappa shape index (κ3) is 4.49. The second kappa shape index (κ2) is 6.58. The topological polar surface area (TPSA) is 46.2 Å². The van der Waals surface area contributed by atoms with Crippen LogP contribution in [0, 0.1) is 0 Å². The zero-order valence-corrected chi connectivity index (χ0v) is 12.2. The van der Waals surface area contributed by atoms with Gasteiger partial charge in [0.1, 0.15) is 0 Å². The van der Waals surface area contributed by atoms with Gasteiger partial charge in [0.15, 0.2) is 9.84 Å². The van der Waals surface area contributed by atoms with E-state index < -0.39 is 21.6 Å². The lowest BCUT2D eigenvalue weighted by Crippen LogP contribution is -2.32. The molecule has 0 saturated carbocycles. The van der Waals surface area contributed by atoms with Gasteiger partial charge in [-0.25, -0.2) is 8.42 Å². The van der Waals surface area contributed by atoms with E-state index in [1.165, 1.54) is 0 Å². The van der Waals surface area contributed by atoms with Crippen LogP contribution in [0.25, 0.3) is 0 Å². The summed E-state index contributed by atoms with van der Waals surface area (Å²) in [6, 6.07) is 3.41. The molecule has 0 aromatic heterocycles. The van der Waals surface area contributed by atoms with Crippen molar-refractivity contribution < 1.29 is 21.6 Å². The first-order valence-corrected chi connectivity index (χ1v) is 7.93. The average Bonchev–Trinajstić information content (AvgIpc) is 2.37. The molecule has 0 aliphatic carbocycles. The van der Waals surface area contributed by atoms with Crippen molar-refractivity contribution in [3.63, 3.8) is 0 Å². The van der Waals surface area contributed by atoms with Crippen molar-refractivity contribution in [2.24, 2.45) is 0 Å². The first-order chi connectivity index (χ1) is 9.20. The maximum Gasteiger partial charge on any atom is 0.416 e. The first kappa shape index (κ1) is 17.0. The molecule has 1 N–H and O–H groups in total. The Morgan fingerprint density at radius 1 is 1.20 bits per heavy atom. The highest BCUT2D eigenvalue weighted by Crippen LogP contribution is 2.29. The maximum absolute atomic E-state index is 12.4. The molecular formula is C13H18F3NO2S. The molecule has 0 radical (unpaired) electrons. The Morgan fingerprint density at radius 3 is 2.15 bits per heavy atom. The zero-order valence-electron chi connectivity index (χ0n) is 11.4. The van der Waals surface area contributed by atoms with Gasteiger partial charge in [-0.05, 0) is 37.7 Å². The second-order valence-corrected chi connectivity index (χ2v) is 6.61. The number of sulfone groups is 1. The van der Waals surface area contributed by atoms with Gasteiger partial charge < -0.3 is 5.32 Å². The Balaban J connectivity index is 2.93. The van der Waals surface area contributed by atoms with Crippen molar-refractivity contribution in [1.29, 1.82) is 0 Å². The van der Waals surface area contributed by atoms with Crippen molar-refractivity contribution in [1.82, 2.24) is 5.32 Å². The lowest BCUT2D eigenvalue weighted by atomic mass is 10.2. The minimum atomic E-state index is -4.46. The molecule has 0 bridgehead atoms. The third-order valence-electron chi connectivity index (χ3n) is 3.01. The largest absolute Gasteiger partial charge is 0.416 e. The molecule has 0 amide bonds. The van der Waals surface area contributed by atoms with Gasteiger partial charge in [-0.15, -0.1) is 0 Å². The Bertz CT molecular complexity index is 524. The van der Waals surface area contributed by atoms with Crippen LogP contribution in [-0.4, -0.2) is 27.3 Å². The molecule has 1 aromatic carbocycles. The molecule has 1 aromatic rings. The van der Waals surface area contributed by atoms with Crippen LogP contribution in [0.4, 0.5) is 13.2 Å². The van der Waals surface area contributed by atoms with Crippen LogP contribution in [0.1, 0.15) is 25.3 Å². The molecule has 3 nitrogen and oxygen atoms in total. The second-order valence-electron chi connectivity index (χ2n) is 4.58. The number of nitrogens with one attached hydrogen (secondary N) is 1. The van der Waals surface area contributed by atoms with E-state index in [4.69, 9.17) is 0 Å². The Hall–Kier alpha value is -1.08. The fourth-order valence-electron chi connectivity index (χ4n) is 1.87. The molecule has 1 atom stereocenters. The molecule has 0 aliphatic rings. The predicted octanol–water partition coefficient (Wildman–Crippen LogP) is 2.87. The number of hydrogen-bond acceptors (Lipinski definition) is 3. The van der Waals surface area contributed by atoms with Gasteiger partial charge >= 0.3 is 6.18 Å². The van der Waals surface area contributed by atoms with Crippen LogP contribution in [-0.2, 0) is 16.0 Å². The number of benzene rings is 1. The van der Waals surface area contributed by atoms with E-state index in [1.807, 2.05) is 6.92 Å². The predicted molar refractivity (Wildman–Crippen MR) is 71.3 cm³/mol. The van der Waals surface area contributed by atoms with E-state index in [0.717, 1.165) is 30.7 Å². The highest BCUT2D eigenvalue weighted by molar-refractivity contribution is 7.91. The normalized spacial score (nSPS) is 14.2. The molecule has 0 saturated heterocycles. The van der Waals surface area contributed by atoms with E-state index in [0.29, 0.717) is 6.42 Å². The van der Waals surface area contributed by atoms with Crippen molar-refractivity contribution in [2.75, 3.05) is 12.8 Å². The van der Waals surface area contributed by atoms with Gasteiger partial charge in [-0.3, -0.25) is 0 Å². The summed E-state index contributed by atoms with van der Waals surface area (Å²) in [7, 11) is -1.92. The first-order valence-electron chi connectivity index (χ1n) is 6.28. The van der Waals surface area contributed by atoms with Crippen molar-refractivity contribution in [2.45, 2.75) is 36.9 Å². The molecule has 7 heteroatoms. The van der Waals surface area contributed by atoms with Crippen LogP contribution in [0.2, 0.25) is 0 Å². The average molecular weight is 309 g/mol. The van der Waals surface area contributed by atoms with Crippen molar-refractivity contribution >= 4 is 9.84 Å². The molecule has 1 unspecified atom stereocenters. The molecule has 0 aliphatic heterocycles. The molecule has 114 valence electrons. The summed E-state index contributed by atoms with van der Waals surface area (Å²) < 4.78 is 61.5. The van der Waals surface area contributed by atoms with E-state index in [2.05, 4.69) is 5.32 Å². The third-order valence-corrected chi connectivity index (χ3v) is 4.84. The van der Waals surface area contributed by atoms with Gasteiger partial charge in [0.05, 0.1) is 16.2 Å². The molecule has 0 fully saturated rings. The summed E-state index contributed by atoms with van der Waals surface area (Å²) >= 11 is 0. The van der Waals surface area contributed by atoms with Crippen LogP contribution in [0.3, 0.4) is 0 Å². The number of rotatable bonds is 6. The summed E-state index contributed by atoms with van der Waals surface area (Å²) in [5.74, 6) is -0.122. The minimum absolute atomic E-state index is 0.0816. The fraction of sp³-hybridized carbons (Fsp3) is 0.538. The van der Waals surface area contributed by atoms with Gasteiger partial charge in [0, 0.05) is 6.04 Å². The van der Waals surface area contributed by atoms with Gasteiger partial charge in [-0.1, -0.05) is 13.3 Å². The summed E-state index contributed by atoms with van der Waals surface area (Å²) in [4.78, 5) is -0.0816. The smallest absolute Gasteiger partial charge is 0.316 e. The van der Waals surface area contributed by atoms with Crippen LogP contribution >= 0.6 is 0 Å². The Kier molecular flexibility index (Phi) is 5.59. The Labute approximate surface area is 117 Å². The van der Waals surface area contributed by atoms with Crippen LogP contribution in [0.15, 0.2) is 29.2 Å². The molecule has 0 heterocycles. The summed E-state index contributed by atoms with van der Waals surface area (Å²) in [6.45, 7) is 1.94. The molecule has 1 rings (SSSR count). The summed E-state index contributed by atoms with van der Waals surface area (Å²) in [5, 5.41) is 2.91. The fourth-order valence-corrected chi connectivity index (χ4v) is 3.48. The van der Waals surface area contributed by atoms with Crippen molar-refractivity contribution in [3.8, 4) is 0 Å². The number of alkyl halides is 3. The van der Waals surface area contributed by atoms with Gasteiger partial charge in [0.25, 0.3) is 0 Å².